The molecular formula is C21H22N6O4. The van der Waals surface area contributed by atoms with Gasteiger partial charge in [0.1, 0.15) is 11.7 Å². The first-order valence-electron chi connectivity index (χ1n) is 10.2. The molecule has 0 aliphatic carbocycles. The van der Waals surface area contributed by atoms with Crippen LogP contribution in [0.4, 0.5) is 11.8 Å². The van der Waals surface area contributed by atoms with Gasteiger partial charge in [0, 0.05) is 19.3 Å². The van der Waals surface area contributed by atoms with Crippen LogP contribution in [0.3, 0.4) is 0 Å². The predicted octanol–water partition coefficient (Wildman–Crippen LogP) is 1.17. The molecule has 2 aliphatic rings. The molecule has 4 heterocycles. The highest BCUT2D eigenvalue weighted by molar-refractivity contribution is 5.97. The third-order valence-electron chi connectivity index (χ3n) is 5.60. The van der Waals surface area contributed by atoms with Gasteiger partial charge in [0.15, 0.2) is 0 Å². The number of pyridine rings is 1. The Labute approximate surface area is 178 Å². The van der Waals surface area contributed by atoms with Crippen LogP contribution in [0.1, 0.15) is 36.9 Å². The van der Waals surface area contributed by atoms with Crippen LogP contribution in [0, 0.1) is 23.2 Å². The number of nitrogens with one attached hydrogen (secondary N) is 2. The smallest absolute Gasteiger partial charge is 0.310 e. The van der Waals surface area contributed by atoms with Crippen molar-refractivity contribution in [3.05, 3.63) is 46.0 Å². The lowest BCUT2D eigenvalue weighted by molar-refractivity contribution is -0.148. The van der Waals surface area contributed by atoms with Gasteiger partial charge >= 0.3 is 5.97 Å². The first kappa shape index (κ1) is 20.5. The minimum Gasteiger partial charge on any atom is -0.466 e. The number of esters is 1. The van der Waals surface area contributed by atoms with Crippen LogP contribution in [0.15, 0.2) is 29.2 Å². The lowest BCUT2D eigenvalue weighted by Gasteiger charge is -2.33. The first-order valence-corrected chi connectivity index (χ1v) is 10.2. The van der Waals surface area contributed by atoms with E-state index < -0.39 is 23.3 Å². The minimum absolute atomic E-state index is 0.115. The Kier molecular flexibility index (Phi) is 5.66. The topological polar surface area (TPSA) is 141 Å². The molecule has 10 heteroatoms. The molecule has 3 atom stereocenters. The molecule has 1 fully saturated rings. The van der Waals surface area contributed by atoms with Crippen LogP contribution in [0.25, 0.3) is 0 Å². The maximum absolute atomic E-state index is 13.1. The van der Waals surface area contributed by atoms with Gasteiger partial charge in [0.05, 0.1) is 35.8 Å². The highest BCUT2D eigenvalue weighted by atomic mass is 16.5. The second-order valence-electron chi connectivity index (χ2n) is 7.52. The van der Waals surface area contributed by atoms with E-state index >= 15 is 0 Å². The molecule has 0 spiro atoms. The van der Waals surface area contributed by atoms with Gasteiger partial charge in [0.25, 0.3) is 5.56 Å². The van der Waals surface area contributed by atoms with Gasteiger partial charge in [-0.2, -0.15) is 10.2 Å². The van der Waals surface area contributed by atoms with Gasteiger partial charge < -0.3 is 15.0 Å². The Balaban J connectivity index is 1.72. The van der Waals surface area contributed by atoms with E-state index in [1.807, 2.05) is 11.0 Å². The van der Waals surface area contributed by atoms with Crippen molar-refractivity contribution in [1.29, 1.82) is 5.26 Å². The number of fused-ring (bicyclic) bond motifs is 1. The molecule has 31 heavy (non-hydrogen) atoms. The van der Waals surface area contributed by atoms with Gasteiger partial charge in [-0.1, -0.05) is 6.07 Å². The van der Waals surface area contributed by atoms with Gasteiger partial charge in [-0.05, 0) is 31.9 Å². The van der Waals surface area contributed by atoms with Crippen LogP contribution >= 0.6 is 0 Å². The van der Waals surface area contributed by atoms with E-state index in [9.17, 15) is 19.6 Å². The summed E-state index contributed by atoms with van der Waals surface area (Å²) in [5.41, 5.74) is 0.201. The van der Waals surface area contributed by atoms with E-state index in [1.54, 1.807) is 31.3 Å². The maximum atomic E-state index is 13.1. The molecule has 0 aromatic carbocycles. The monoisotopic (exact) mass is 422 g/mol. The molecule has 2 aromatic rings. The Bertz CT molecular complexity index is 1090. The zero-order chi connectivity index (χ0) is 22.0. The van der Waals surface area contributed by atoms with Crippen molar-refractivity contribution in [3.63, 3.8) is 0 Å². The van der Waals surface area contributed by atoms with Crippen molar-refractivity contribution in [2.24, 2.45) is 11.8 Å². The summed E-state index contributed by atoms with van der Waals surface area (Å²) in [6, 6.07) is 7.12. The van der Waals surface area contributed by atoms with Crippen molar-refractivity contribution < 1.29 is 14.3 Å². The highest BCUT2D eigenvalue weighted by Crippen LogP contribution is 2.37. The largest absolute Gasteiger partial charge is 0.466 e. The lowest BCUT2D eigenvalue weighted by Crippen LogP contribution is -2.43. The second-order valence-corrected chi connectivity index (χ2v) is 7.52. The molecule has 2 N–H and O–H groups in total. The summed E-state index contributed by atoms with van der Waals surface area (Å²) in [5, 5.41) is 12.2. The van der Waals surface area contributed by atoms with Crippen molar-refractivity contribution >= 4 is 23.6 Å². The number of hydrogen-bond donors (Lipinski definition) is 2. The van der Waals surface area contributed by atoms with Crippen LogP contribution in [0.2, 0.25) is 0 Å². The first-order chi connectivity index (χ1) is 15.0. The summed E-state index contributed by atoms with van der Waals surface area (Å²) in [6.45, 7) is 3.04. The number of nitrogens with zero attached hydrogens (tertiary/aromatic N) is 4. The van der Waals surface area contributed by atoms with E-state index in [2.05, 4.69) is 20.3 Å². The molecule has 0 saturated carbocycles. The third-order valence-corrected chi connectivity index (χ3v) is 5.60. The number of nitriles is 1. The van der Waals surface area contributed by atoms with Gasteiger partial charge in [-0.25, -0.2) is 0 Å². The molecule has 1 amide bonds. The number of carbonyl (C=O) groups excluding carboxylic acids is 2. The zero-order valence-electron chi connectivity index (χ0n) is 17.0. The second kappa shape index (κ2) is 8.55. The summed E-state index contributed by atoms with van der Waals surface area (Å²) in [4.78, 5) is 51.2. The fraction of sp³-hybridized carbons (Fsp3) is 0.429. The fourth-order valence-electron chi connectivity index (χ4n) is 4.15. The van der Waals surface area contributed by atoms with Crippen molar-refractivity contribution in [3.8, 4) is 6.07 Å². The van der Waals surface area contributed by atoms with Gasteiger partial charge in [0.2, 0.25) is 11.9 Å². The highest BCUT2D eigenvalue weighted by Gasteiger charge is 2.41. The number of anilines is 2. The summed E-state index contributed by atoms with van der Waals surface area (Å²) in [7, 11) is 0. The zero-order valence-corrected chi connectivity index (χ0v) is 17.0. The number of piperidine rings is 1. The van der Waals surface area contributed by atoms with E-state index in [1.165, 1.54) is 0 Å². The quantitative estimate of drug-likeness (QED) is 0.700. The average molecular weight is 422 g/mol. The number of ether oxygens (including phenoxy) is 1. The SMILES string of the molecule is CCOC(=O)C1CCCN(c2nc3c(c(=O)[nH]2)C(c2ccccn2)C(C#N)C(=O)N3)C1. The molecule has 4 rings (SSSR count). The van der Waals surface area contributed by atoms with Crippen LogP contribution in [-0.2, 0) is 14.3 Å². The number of carbonyl (C=O) groups is 2. The van der Waals surface area contributed by atoms with Gasteiger partial charge in [-0.15, -0.1) is 0 Å². The number of hydrogen-bond acceptors (Lipinski definition) is 8. The van der Waals surface area contributed by atoms with E-state index in [0.717, 1.165) is 6.42 Å². The number of aromatic amines is 1. The van der Waals surface area contributed by atoms with Crippen LogP contribution in [-0.4, -0.2) is 46.5 Å². The number of H-pyrrole nitrogens is 1. The lowest BCUT2D eigenvalue weighted by atomic mass is 9.81. The van der Waals surface area contributed by atoms with Gasteiger partial charge in [-0.3, -0.25) is 24.4 Å². The molecule has 3 unspecified atom stereocenters. The molecule has 160 valence electrons. The summed E-state index contributed by atoms with van der Waals surface area (Å²) >= 11 is 0. The maximum Gasteiger partial charge on any atom is 0.310 e. The molecule has 2 aliphatic heterocycles. The number of aromatic nitrogens is 3. The fourth-order valence-corrected chi connectivity index (χ4v) is 4.15. The Morgan fingerprint density at radius 1 is 1.39 bits per heavy atom. The molecule has 2 aromatic heterocycles. The summed E-state index contributed by atoms with van der Waals surface area (Å²) < 4.78 is 5.13. The molecular weight excluding hydrogens is 400 g/mol. The average Bonchev–Trinajstić information content (AvgIpc) is 2.79. The Morgan fingerprint density at radius 2 is 2.23 bits per heavy atom. The van der Waals surface area contributed by atoms with Crippen molar-refractivity contribution in [2.45, 2.75) is 25.7 Å². The van der Waals surface area contributed by atoms with Crippen molar-refractivity contribution in [2.75, 3.05) is 29.9 Å². The van der Waals surface area contributed by atoms with Crippen LogP contribution in [0.5, 0.6) is 0 Å². The third kappa shape index (κ3) is 3.86. The number of amides is 1. The molecule has 1 saturated heterocycles. The molecule has 0 bridgehead atoms. The van der Waals surface area contributed by atoms with E-state index in [4.69, 9.17) is 4.74 Å². The molecule has 0 radical (unpaired) electrons. The standard InChI is InChI=1S/C21H22N6O4/c1-2-31-20(30)12-6-5-9-27(11-12)21-25-17-16(19(29)26-21)15(13(10-22)18(28)24-17)14-7-3-4-8-23-14/h3-4,7-8,12-13,15H,2,5-6,9,11H2,1H3,(H2,24,25,26,28,29). The summed E-state index contributed by atoms with van der Waals surface area (Å²) in [6.07, 6.45) is 2.99. The normalized spacial score (nSPS) is 22.8. The van der Waals surface area contributed by atoms with Crippen molar-refractivity contribution in [1.82, 2.24) is 15.0 Å². The van der Waals surface area contributed by atoms with E-state index in [-0.39, 0.29) is 29.2 Å². The number of rotatable bonds is 4. The van der Waals surface area contributed by atoms with E-state index in [0.29, 0.717) is 31.8 Å². The van der Waals surface area contributed by atoms with Crippen LogP contribution < -0.4 is 15.8 Å². The summed E-state index contributed by atoms with van der Waals surface area (Å²) in [5.74, 6) is -2.65. The Morgan fingerprint density at radius 3 is 2.94 bits per heavy atom. The minimum atomic E-state index is -1.10. The molecule has 10 nitrogen and oxygen atoms in total. The predicted molar refractivity (Wildman–Crippen MR) is 110 cm³/mol. The Hall–Kier alpha value is -3.74.